The molecule has 0 bridgehead atoms. The number of aliphatic hydroxyl groups is 1. The van der Waals surface area contributed by atoms with Gasteiger partial charge in [0.25, 0.3) is 0 Å². The Morgan fingerprint density at radius 3 is 3.15 bits per heavy atom. The molecule has 1 aliphatic heterocycles. The van der Waals surface area contributed by atoms with Gasteiger partial charge in [0.1, 0.15) is 11.9 Å². The monoisotopic (exact) mass is 336 g/mol. The van der Waals surface area contributed by atoms with E-state index in [2.05, 4.69) is 32.4 Å². The van der Waals surface area contributed by atoms with Crippen LogP contribution in [0.15, 0.2) is 35.2 Å². The lowest BCUT2D eigenvalue weighted by Gasteiger charge is -2.30. The van der Waals surface area contributed by atoms with Gasteiger partial charge >= 0.3 is 0 Å². The van der Waals surface area contributed by atoms with E-state index in [1.54, 1.807) is 0 Å². The quantitative estimate of drug-likeness (QED) is 0.931. The van der Waals surface area contributed by atoms with Crippen molar-refractivity contribution in [1.29, 1.82) is 0 Å². The van der Waals surface area contributed by atoms with Gasteiger partial charge < -0.3 is 14.4 Å². The van der Waals surface area contributed by atoms with Crippen molar-refractivity contribution in [2.24, 2.45) is 0 Å². The van der Waals surface area contributed by atoms with Crippen LogP contribution < -0.4 is 4.74 Å². The van der Waals surface area contributed by atoms with Crippen LogP contribution in [-0.4, -0.2) is 14.7 Å². The first-order valence-corrected chi connectivity index (χ1v) is 7.62. The number of aliphatic hydroxyl groups excluding tert-OH is 1. The molecule has 3 rings (SSSR count). The predicted molar refractivity (Wildman–Crippen MR) is 79.6 cm³/mol. The number of ether oxygens (including phenoxy) is 1. The van der Waals surface area contributed by atoms with Gasteiger partial charge in [-0.25, -0.2) is 4.98 Å². The Morgan fingerprint density at radius 2 is 2.35 bits per heavy atom. The number of aromatic nitrogens is 2. The number of nitrogens with zero attached hydrogens (tertiary/aromatic N) is 2. The Kier molecular flexibility index (Phi) is 3.81. The molecule has 0 aliphatic carbocycles. The van der Waals surface area contributed by atoms with Gasteiger partial charge in [-0.05, 0) is 24.6 Å². The van der Waals surface area contributed by atoms with Crippen LogP contribution in [0.5, 0.6) is 5.75 Å². The van der Waals surface area contributed by atoms with E-state index >= 15 is 0 Å². The summed E-state index contributed by atoms with van der Waals surface area (Å²) in [6, 6.07) is 5.74. The third-order valence-electron chi connectivity index (χ3n) is 3.58. The summed E-state index contributed by atoms with van der Waals surface area (Å²) in [5.41, 5.74) is 1.87. The van der Waals surface area contributed by atoms with Crippen molar-refractivity contribution in [1.82, 2.24) is 9.55 Å². The number of hydrogen-bond acceptors (Lipinski definition) is 3. The predicted octanol–water partition coefficient (Wildman–Crippen LogP) is 3.61. The second kappa shape index (κ2) is 5.58. The van der Waals surface area contributed by atoms with Crippen LogP contribution in [0.4, 0.5) is 0 Å². The van der Waals surface area contributed by atoms with Gasteiger partial charge in [-0.1, -0.05) is 22.9 Å². The van der Waals surface area contributed by atoms with Crippen LogP contribution in [-0.2, 0) is 6.54 Å². The Bertz CT molecular complexity index is 612. The summed E-state index contributed by atoms with van der Waals surface area (Å²) in [6.45, 7) is 3.05. The summed E-state index contributed by atoms with van der Waals surface area (Å²) in [7, 11) is 0. The molecule has 20 heavy (non-hydrogen) atoms. The smallest absolute Gasteiger partial charge is 0.143 e. The van der Waals surface area contributed by atoms with Gasteiger partial charge in [0.2, 0.25) is 0 Å². The van der Waals surface area contributed by atoms with Crippen LogP contribution >= 0.6 is 15.9 Å². The van der Waals surface area contributed by atoms with Gasteiger partial charge in [0, 0.05) is 23.0 Å². The highest BCUT2D eigenvalue weighted by atomic mass is 79.9. The summed E-state index contributed by atoms with van der Waals surface area (Å²) >= 11 is 3.42. The molecular formula is C15H17BrN2O2. The zero-order valence-electron chi connectivity index (χ0n) is 11.3. The number of benzene rings is 1. The third kappa shape index (κ3) is 2.47. The van der Waals surface area contributed by atoms with E-state index in [1.807, 2.05) is 30.7 Å². The Hall–Kier alpha value is -1.33. The number of aryl methyl sites for hydroxylation is 1. The first-order valence-electron chi connectivity index (χ1n) is 6.83. The molecule has 0 saturated carbocycles. The van der Waals surface area contributed by atoms with E-state index in [9.17, 15) is 5.11 Å². The average Bonchev–Trinajstić information content (AvgIpc) is 2.88. The topological polar surface area (TPSA) is 47.3 Å². The molecule has 2 atom stereocenters. The molecule has 0 spiro atoms. The standard InChI is InChI=1S/C15H17BrN2O2/c1-2-5-18-9-17-8-12(18)15-7-13(19)11-6-10(16)3-4-14(11)20-15/h3-4,6,8-9,13,15,19H,2,5,7H2,1H3/t13-,15?/m0/s1. The zero-order chi connectivity index (χ0) is 14.1. The maximum absolute atomic E-state index is 10.3. The van der Waals surface area contributed by atoms with Crippen LogP contribution in [0.25, 0.3) is 0 Å². The largest absolute Gasteiger partial charge is 0.484 e. The van der Waals surface area contributed by atoms with Crippen LogP contribution in [0, 0.1) is 0 Å². The lowest BCUT2D eigenvalue weighted by atomic mass is 9.97. The summed E-state index contributed by atoms with van der Waals surface area (Å²) in [6.07, 6.45) is 4.60. The molecule has 1 unspecified atom stereocenters. The number of rotatable bonds is 3. The number of hydrogen-bond donors (Lipinski definition) is 1. The first-order chi connectivity index (χ1) is 9.69. The molecule has 0 radical (unpaired) electrons. The Balaban J connectivity index is 1.91. The highest BCUT2D eigenvalue weighted by Crippen LogP contribution is 2.41. The van der Waals surface area contributed by atoms with Crippen LogP contribution in [0.3, 0.4) is 0 Å². The second-order valence-corrected chi connectivity index (χ2v) is 5.97. The van der Waals surface area contributed by atoms with Crippen molar-refractivity contribution >= 4 is 15.9 Å². The molecule has 1 aromatic carbocycles. The van der Waals surface area contributed by atoms with Gasteiger partial charge in [0.15, 0.2) is 0 Å². The highest BCUT2D eigenvalue weighted by Gasteiger charge is 2.29. The number of imidazole rings is 1. The molecule has 2 aromatic rings. The van der Waals surface area contributed by atoms with Crippen molar-refractivity contribution in [2.45, 2.75) is 38.5 Å². The average molecular weight is 337 g/mol. The minimum Gasteiger partial charge on any atom is -0.484 e. The maximum atomic E-state index is 10.3. The fourth-order valence-electron chi connectivity index (χ4n) is 2.63. The minimum atomic E-state index is -0.508. The fraction of sp³-hybridized carbons (Fsp3) is 0.400. The molecule has 0 amide bonds. The van der Waals surface area contributed by atoms with Gasteiger partial charge in [0.05, 0.1) is 24.3 Å². The van der Waals surface area contributed by atoms with Crippen molar-refractivity contribution in [2.75, 3.05) is 0 Å². The highest BCUT2D eigenvalue weighted by molar-refractivity contribution is 9.10. The fourth-order valence-corrected chi connectivity index (χ4v) is 3.00. The molecule has 1 N–H and O–H groups in total. The van der Waals surface area contributed by atoms with Crippen molar-refractivity contribution < 1.29 is 9.84 Å². The second-order valence-electron chi connectivity index (χ2n) is 5.05. The lowest BCUT2D eigenvalue weighted by molar-refractivity contribution is 0.0617. The zero-order valence-corrected chi connectivity index (χ0v) is 12.9. The molecule has 4 nitrogen and oxygen atoms in total. The SMILES string of the molecule is CCCn1cncc1C1C[C@H](O)c2cc(Br)ccc2O1. The van der Waals surface area contributed by atoms with Crippen LogP contribution in [0.2, 0.25) is 0 Å². The molecule has 1 aliphatic rings. The van der Waals surface area contributed by atoms with Gasteiger partial charge in [-0.3, -0.25) is 0 Å². The normalized spacial score (nSPS) is 21.4. The molecule has 0 saturated heterocycles. The van der Waals surface area contributed by atoms with E-state index in [4.69, 9.17) is 4.74 Å². The molecule has 0 fully saturated rings. The third-order valence-corrected chi connectivity index (χ3v) is 4.07. The van der Waals surface area contributed by atoms with Crippen molar-refractivity contribution in [3.8, 4) is 5.75 Å². The van der Waals surface area contributed by atoms with Crippen molar-refractivity contribution in [3.05, 3.63) is 46.5 Å². The minimum absolute atomic E-state index is 0.146. The molecule has 106 valence electrons. The van der Waals surface area contributed by atoms with Crippen LogP contribution in [0.1, 0.15) is 43.2 Å². The van der Waals surface area contributed by atoms with E-state index in [1.165, 1.54) is 0 Å². The number of halogens is 1. The maximum Gasteiger partial charge on any atom is 0.143 e. The van der Waals surface area contributed by atoms with Crippen molar-refractivity contribution in [3.63, 3.8) is 0 Å². The molecular weight excluding hydrogens is 320 g/mol. The lowest BCUT2D eigenvalue weighted by Crippen LogP contribution is -2.21. The summed E-state index contributed by atoms with van der Waals surface area (Å²) in [5.74, 6) is 0.751. The summed E-state index contributed by atoms with van der Waals surface area (Å²) in [4.78, 5) is 4.20. The van der Waals surface area contributed by atoms with E-state index in [0.29, 0.717) is 6.42 Å². The van der Waals surface area contributed by atoms with E-state index in [0.717, 1.165) is 34.4 Å². The Morgan fingerprint density at radius 1 is 1.50 bits per heavy atom. The number of fused-ring (bicyclic) bond motifs is 1. The summed E-state index contributed by atoms with van der Waals surface area (Å²) in [5, 5.41) is 10.3. The van der Waals surface area contributed by atoms with Gasteiger partial charge in [-0.15, -0.1) is 0 Å². The van der Waals surface area contributed by atoms with E-state index in [-0.39, 0.29) is 6.10 Å². The molecule has 1 aromatic heterocycles. The summed E-state index contributed by atoms with van der Waals surface area (Å²) < 4.78 is 9.10. The molecule has 5 heteroatoms. The van der Waals surface area contributed by atoms with Gasteiger partial charge in [-0.2, -0.15) is 0 Å². The Labute approximate surface area is 126 Å². The first kappa shape index (κ1) is 13.6. The van der Waals surface area contributed by atoms with E-state index < -0.39 is 6.10 Å². The molecule has 2 heterocycles.